The van der Waals surface area contributed by atoms with E-state index in [1.54, 1.807) is 12.2 Å². The molecular formula is C37H70O. The van der Waals surface area contributed by atoms with Crippen LogP contribution >= 0.6 is 0 Å². The van der Waals surface area contributed by atoms with Crippen LogP contribution in [0.3, 0.4) is 0 Å². The van der Waals surface area contributed by atoms with Crippen LogP contribution in [0.5, 0.6) is 0 Å². The maximum Gasteiger partial charge on any atom is 0.0730 e. The van der Waals surface area contributed by atoms with Crippen LogP contribution in [0.15, 0.2) is 12.2 Å². The third kappa shape index (κ3) is 33.3. The van der Waals surface area contributed by atoms with Crippen LogP contribution in [0, 0.1) is 12.3 Å². The minimum atomic E-state index is -0.357. The lowest BCUT2D eigenvalue weighted by Gasteiger charge is -2.05. The second-order valence-electron chi connectivity index (χ2n) is 12.1. The largest absolute Gasteiger partial charge is 0.389 e. The highest BCUT2D eigenvalue weighted by Crippen LogP contribution is 2.16. The summed E-state index contributed by atoms with van der Waals surface area (Å²) in [4.78, 5) is 0. The molecule has 1 nitrogen and oxygen atoms in total. The summed E-state index contributed by atoms with van der Waals surface area (Å²) in [6.45, 7) is 2.30. The Morgan fingerprint density at radius 2 is 0.684 bits per heavy atom. The third-order valence-corrected chi connectivity index (χ3v) is 8.27. The quantitative estimate of drug-likeness (QED) is 0.0677. The van der Waals surface area contributed by atoms with Crippen molar-refractivity contribution in [2.45, 2.75) is 212 Å². The summed E-state index contributed by atoms with van der Waals surface area (Å²) in [6.07, 6.45) is 51.9. The zero-order valence-corrected chi connectivity index (χ0v) is 26.2. The number of unbranched alkanes of at least 4 members (excludes halogenated alkanes) is 29. The van der Waals surface area contributed by atoms with Gasteiger partial charge in [-0.2, -0.15) is 0 Å². The van der Waals surface area contributed by atoms with Crippen LogP contribution in [0.4, 0.5) is 0 Å². The molecule has 0 heterocycles. The molecule has 0 aromatic heterocycles. The molecule has 1 N–H and O–H groups in total. The van der Waals surface area contributed by atoms with Crippen molar-refractivity contribution in [3.63, 3.8) is 0 Å². The molecule has 0 bridgehead atoms. The summed E-state index contributed by atoms with van der Waals surface area (Å²) in [6, 6.07) is 0. The van der Waals surface area contributed by atoms with Gasteiger partial charge in [0.15, 0.2) is 0 Å². The molecular weight excluding hydrogens is 460 g/mol. The molecule has 0 aromatic carbocycles. The standard InChI is InChI=1S/C37H70O/c1-3-5-7-8-9-10-11-12-13-14-15-16-17-18-19-20-21-22-23-24-25-26-27-28-29-30-31-32-33-34-36-37(38)35-6-4-2/h2,6,35,37-38H,3,5,7-34,36H2,1H3/b35-6-. The van der Waals surface area contributed by atoms with E-state index >= 15 is 0 Å². The van der Waals surface area contributed by atoms with Gasteiger partial charge in [0.1, 0.15) is 0 Å². The summed E-state index contributed by atoms with van der Waals surface area (Å²) in [5.74, 6) is 2.43. The van der Waals surface area contributed by atoms with Crippen molar-refractivity contribution in [3.05, 3.63) is 12.2 Å². The number of rotatable bonds is 32. The SMILES string of the molecule is C#C/C=C\C(O)CCCCCCCCCCCCCCCCCCCCCCCCCCCCCCCC. The Kier molecular flexibility index (Phi) is 33.6. The van der Waals surface area contributed by atoms with Gasteiger partial charge in [-0.15, -0.1) is 6.42 Å². The molecule has 0 spiro atoms. The van der Waals surface area contributed by atoms with Crippen LogP contribution in [0.25, 0.3) is 0 Å². The van der Waals surface area contributed by atoms with Crippen molar-refractivity contribution < 1.29 is 5.11 Å². The highest BCUT2D eigenvalue weighted by molar-refractivity contribution is 5.10. The average molecular weight is 531 g/mol. The number of terminal acetylenes is 1. The first-order valence-corrected chi connectivity index (χ1v) is 17.6. The van der Waals surface area contributed by atoms with E-state index in [0.29, 0.717) is 0 Å². The number of allylic oxidation sites excluding steroid dienone is 1. The molecule has 1 atom stereocenters. The molecule has 0 saturated carbocycles. The molecule has 0 aromatic rings. The van der Waals surface area contributed by atoms with E-state index in [9.17, 15) is 5.11 Å². The Morgan fingerprint density at radius 3 is 0.921 bits per heavy atom. The maximum absolute atomic E-state index is 9.70. The Balaban J connectivity index is 3.07. The van der Waals surface area contributed by atoms with E-state index < -0.39 is 0 Å². The number of hydrogen-bond acceptors (Lipinski definition) is 1. The van der Waals surface area contributed by atoms with Gasteiger partial charge < -0.3 is 5.11 Å². The lowest BCUT2D eigenvalue weighted by Crippen LogP contribution is -2.01. The molecule has 0 saturated heterocycles. The highest BCUT2D eigenvalue weighted by atomic mass is 16.3. The highest BCUT2D eigenvalue weighted by Gasteiger charge is 1.99. The fraction of sp³-hybridized carbons (Fsp3) is 0.892. The average Bonchev–Trinajstić information content (AvgIpc) is 2.93. The van der Waals surface area contributed by atoms with Gasteiger partial charge in [-0.1, -0.05) is 205 Å². The van der Waals surface area contributed by atoms with Crippen molar-refractivity contribution in [2.24, 2.45) is 0 Å². The summed E-state index contributed by atoms with van der Waals surface area (Å²) in [5.41, 5.74) is 0. The topological polar surface area (TPSA) is 20.2 Å². The lowest BCUT2D eigenvalue weighted by atomic mass is 10.0. The van der Waals surface area contributed by atoms with E-state index in [4.69, 9.17) is 6.42 Å². The predicted molar refractivity (Wildman–Crippen MR) is 173 cm³/mol. The molecule has 224 valence electrons. The lowest BCUT2D eigenvalue weighted by molar-refractivity contribution is 0.208. The Labute approximate surface area is 241 Å². The van der Waals surface area contributed by atoms with E-state index in [1.165, 1.54) is 186 Å². The monoisotopic (exact) mass is 531 g/mol. The fourth-order valence-electron chi connectivity index (χ4n) is 5.64. The fourth-order valence-corrected chi connectivity index (χ4v) is 5.64. The first-order chi connectivity index (χ1) is 18.8. The third-order valence-electron chi connectivity index (χ3n) is 8.27. The summed E-state index contributed by atoms with van der Waals surface area (Å²) < 4.78 is 0. The molecule has 0 aliphatic carbocycles. The van der Waals surface area contributed by atoms with Gasteiger partial charge in [0, 0.05) is 0 Å². The molecule has 0 radical (unpaired) electrons. The zero-order valence-electron chi connectivity index (χ0n) is 26.2. The Morgan fingerprint density at radius 1 is 0.447 bits per heavy atom. The van der Waals surface area contributed by atoms with Crippen molar-refractivity contribution in [3.8, 4) is 12.3 Å². The van der Waals surface area contributed by atoms with Crippen molar-refractivity contribution in [2.75, 3.05) is 0 Å². The van der Waals surface area contributed by atoms with Gasteiger partial charge in [-0.25, -0.2) is 0 Å². The maximum atomic E-state index is 9.70. The second kappa shape index (κ2) is 34.3. The summed E-state index contributed by atoms with van der Waals surface area (Å²) >= 11 is 0. The minimum absolute atomic E-state index is 0.357. The van der Waals surface area contributed by atoms with E-state index in [-0.39, 0.29) is 6.10 Å². The summed E-state index contributed by atoms with van der Waals surface area (Å²) in [5, 5.41) is 9.70. The van der Waals surface area contributed by atoms with Gasteiger partial charge in [0.05, 0.1) is 6.10 Å². The van der Waals surface area contributed by atoms with E-state index in [1.807, 2.05) is 0 Å². The molecule has 1 unspecified atom stereocenters. The first-order valence-electron chi connectivity index (χ1n) is 17.6. The molecule has 38 heavy (non-hydrogen) atoms. The molecule has 0 aliphatic rings. The summed E-state index contributed by atoms with van der Waals surface area (Å²) in [7, 11) is 0. The second-order valence-corrected chi connectivity index (χ2v) is 12.1. The predicted octanol–water partition coefficient (Wildman–Crippen LogP) is 12.6. The first kappa shape index (κ1) is 37.3. The number of hydrogen-bond donors (Lipinski definition) is 1. The number of aliphatic hydroxyl groups is 1. The van der Waals surface area contributed by atoms with Crippen LogP contribution in [0.2, 0.25) is 0 Å². The molecule has 1 heteroatoms. The Bertz CT molecular complexity index is 487. The smallest absolute Gasteiger partial charge is 0.0730 e. The molecule has 0 rings (SSSR count). The van der Waals surface area contributed by atoms with Crippen LogP contribution in [-0.2, 0) is 0 Å². The van der Waals surface area contributed by atoms with Crippen molar-refractivity contribution in [1.29, 1.82) is 0 Å². The van der Waals surface area contributed by atoms with Gasteiger partial charge in [0.25, 0.3) is 0 Å². The van der Waals surface area contributed by atoms with E-state index in [2.05, 4.69) is 12.8 Å². The van der Waals surface area contributed by atoms with E-state index in [0.717, 1.165) is 12.8 Å². The number of aliphatic hydroxyl groups excluding tert-OH is 1. The van der Waals surface area contributed by atoms with Crippen molar-refractivity contribution in [1.82, 2.24) is 0 Å². The van der Waals surface area contributed by atoms with Gasteiger partial charge in [-0.05, 0) is 18.6 Å². The molecule has 0 amide bonds. The van der Waals surface area contributed by atoms with Crippen LogP contribution < -0.4 is 0 Å². The molecule has 0 aliphatic heterocycles. The van der Waals surface area contributed by atoms with Gasteiger partial charge >= 0.3 is 0 Å². The Hall–Kier alpha value is -0.740. The normalized spacial score (nSPS) is 12.3. The zero-order chi connectivity index (χ0) is 27.6. The van der Waals surface area contributed by atoms with Gasteiger partial charge in [-0.3, -0.25) is 0 Å². The van der Waals surface area contributed by atoms with Crippen LogP contribution in [0.1, 0.15) is 206 Å². The molecule has 0 fully saturated rings. The van der Waals surface area contributed by atoms with Crippen LogP contribution in [-0.4, -0.2) is 11.2 Å². The van der Waals surface area contributed by atoms with Crippen molar-refractivity contribution >= 4 is 0 Å². The minimum Gasteiger partial charge on any atom is -0.389 e. The van der Waals surface area contributed by atoms with Gasteiger partial charge in [0.2, 0.25) is 0 Å².